The maximum atomic E-state index is 5.23. The summed E-state index contributed by atoms with van der Waals surface area (Å²) in [5, 5.41) is 3.42. The number of halogens is 1. The fourth-order valence-corrected chi connectivity index (χ4v) is 1.27. The first kappa shape index (κ1) is 12.2. The van der Waals surface area contributed by atoms with Crippen LogP contribution in [0.5, 0.6) is 0 Å². The molecule has 0 bridgehead atoms. The molecule has 4 heteroatoms. The van der Waals surface area contributed by atoms with Crippen LogP contribution in [0.25, 0.3) is 0 Å². The lowest BCUT2D eigenvalue weighted by Crippen LogP contribution is -2.36. The van der Waals surface area contributed by atoms with Gasteiger partial charge < -0.3 is 14.8 Å². The van der Waals surface area contributed by atoms with Crippen LogP contribution in [-0.2, 0) is 9.47 Å². The average Bonchev–Trinajstić information content (AvgIpc) is 2.07. The fourth-order valence-electron chi connectivity index (χ4n) is 1.27. The molecule has 0 spiro atoms. The highest BCUT2D eigenvalue weighted by atomic mass is 35.5. The van der Waals surface area contributed by atoms with E-state index in [2.05, 4.69) is 5.32 Å². The van der Waals surface area contributed by atoms with Gasteiger partial charge in [0.1, 0.15) is 0 Å². The van der Waals surface area contributed by atoms with Crippen molar-refractivity contribution in [2.75, 3.05) is 33.5 Å². The molecule has 0 aromatic carbocycles. The number of methoxy groups -OCH3 is 1. The maximum Gasteiger partial charge on any atom is 0.0587 e. The molecular formula is C8H18ClNO2. The molecule has 1 aliphatic rings. The van der Waals surface area contributed by atoms with Crippen LogP contribution in [0, 0.1) is 0 Å². The number of hydrogen-bond acceptors (Lipinski definition) is 3. The van der Waals surface area contributed by atoms with Gasteiger partial charge in [-0.25, -0.2) is 0 Å². The van der Waals surface area contributed by atoms with Gasteiger partial charge in [0.25, 0.3) is 0 Å². The van der Waals surface area contributed by atoms with Crippen LogP contribution in [-0.4, -0.2) is 39.5 Å². The SMILES string of the molecule is COCCNC1CCOCC1.Cl. The van der Waals surface area contributed by atoms with Crippen LogP contribution in [0.4, 0.5) is 0 Å². The summed E-state index contributed by atoms with van der Waals surface area (Å²) in [6.45, 7) is 3.58. The van der Waals surface area contributed by atoms with Crippen LogP contribution >= 0.6 is 12.4 Å². The molecular weight excluding hydrogens is 178 g/mol. The van der Waals surface area contributed by atoms with E-state index in [-0.39, 0.29) is 12.4 Å². The van der Waals surface area contributed by atoms with Crippen LogP contribution < -0.4 is 5.32 Å². The Morgan fingerprint density at radius 3 is 2.67 bits per heavy atom. The third-order valence-corrected chi connectivity index (χ3v) is 1.96. The van der Waals surface area contributed by atoms with Crippen molar-refractivity contribution < 1.29 is 9.47 Å². The summed E-state index contributed by atoms with van der Waals surface area (Å²) in [6, 6.07) is 0.652. The van der Waals surface area contributed by atoms with E-state index in [1.807, 2.05) is 0 Å². The highest BCUT2D eigenvalue weighted by Gasteiger charge is 2.11. The lowest BCUT2D eigenvalue weighted by atomic mass is 10.1. The van der Waals surface area contributed by atoms with Crippen LogP contribution in [0.2, 0.25) is 0 Å². The first-order chi connectivity index (χ1) is 5.43. The van der Waals surface area contributed by atoms with Crippen LogP contribution in [0.15, 0.2) is 0 Å². The molecule has 74 valence electrons. The van der Waals surface area contributed by atoms with Crippen molar-refractivity contribution in [1.82, 2.24) is 5.32 Å². The van der Waals surface area contributed by atoms with Crippen molar-refractivity contribution >= 4 is 12.4 Å². The van der Waals surface area contributed by atoms with Gasteiger partial charge in [-0.15, -0.1) is 12.4 Å². The van der Waals surface area contributed by atoms with Crippen molar-refractivity contribution in [3.8, 4) is 0 Å². The summed E-state index contributed by atoms with van der Waals surface area (Å²) in [5.74, 6) is 0. The third kappa shape index (κ3) is 4.93. The minimum Gasteiger partial charge on any atom is -0.383 e. The van der Waals surface area contributed by atoms with E-state index >= 15 is 0 Å². The Hall–Kier alpha value is 0.170. The molecule has 0 amide bonds. The third-order valence-electron chi connectivity index (χ3n) is 1.96. The quantitative estimate of drug-likeness (QED) is 0.674. The largest absolute Gasteiger partial charge is 0.383 e. The van der Waals surface area contributed by atoms with Gasteiger partial charge in [-0.1, -0.05) is 0 Å². The van der Waals surface area contributed by atoms with E-state index in [0.717, 1.165) is 39.2 Å². The van der Waals surface area contributed by atoms with Crippen molar-refractivity contribution in [3.05, 3.63) is 0 Å². The zero-order valence-electron chi connectivity index (χ0n) is 7.54. The van der Waals surface area contributed by atoms with E-state index in [0.29, 0.717) is 6.04 Å². The summed E-state index contributed by atoms with van der Waals surface area (Å²) >= 11 is 0. The summed E-state index contributed by atoms with van der Waals surface area (Å²) in [4.78, 5) is 0. The Morgan fingerprint density at radius 1 is 1.42 bits per heavy atom. The highest BCUT2D eigenvalue weighted by molar-refractivity contribution is 5.85. The minimum absolute atomic E-state index is 0. The molecule has 0 saturated carbocycles. The highest BCUT2D eigenvalue weighted by Crippen LogP contribution is 2.05. The first-order valence-electron chi connectivity index (χ1n) is 4.23. The summed E-state index contributed by atoms with van der Waals surface area (Å²) < 4.78 is 10.2. The molecule has 0 aromatic heterocycles. The lowest BCUT2D eigenvalue weighted by Gasteiger charge is -2.22. The van der Waals surface area contributed by atoms with E-state index in [4.69, 9.17) is 9.47 Å². The van der Waals surface area contributed by atoms with Gasteiger partial charge in [0.15, 0.2) is 0 Å². The Kier molecular flexibility index (Phi) is 7.91. The molecule has 1 rings (SSSR count). The Balaban J connectivity index is 0.00000121. The second-order valence-electron chi connectivity index (χ2n) is 2.83. The predicted octanol–water partition coefficient (Wildman–Crippen LogP) is 0.823. The predicted molar refractivity (Wildman–Crippen MR) is 51.0 cm³/mol. The first-order valence-corrected chi connectivity index (χ1v) is 4.23. The molecule has 0 aliphatic carbocycles. The molecule has 0 radical (unpaired) electrons. The van der Waals surface area contributed by atoms with E-state index in [1.54, 1.807) is 7.11 Å². The normalized spacial score (nSPS) is 18.8. The maximum absolute atomic E-state index is 5.23. The smallest absolute Gasteiger partial charge is 0.0587 e. The molecule has 1 saturated heterocycles. The van der Waals surface area contributed by atoms with E-state index < -0.39 is 0 Å². The number of ether oxygens (including phenoxy) is 2. The van der Waals surface area contributed by atoms with Gasteiger partial charge in [0.05, 0.1) is 6.61 Å². The fraction of sp³-hybridized carbons (Fsp3) is 1.00. The average molecular weight is 196 g/mol. The second kappa shape index (κ2) is 7.80. The zero-order valence-corrected chi connectivity index (χ0v) is 8.36. The summed E-state index contributed by atoms with van der Waals surface area (Å²) in [6.07, 6.45) is 2.29. The molecule has 0 atom stereocenters. The summed E-state index contributed by atoms with van der Waals surface area (Å²) in [5.41, 5.74) is 0. The topological polar surface area (TPSA) is 30.5 Å². The van der Waals surface area contributed by atoms with Gasteiger partial charge >= 0.3 is 0 Å². The number of hydrogen-bond donors (Lipinski definition) is 1. The van der Waals surface area contributed by atoms with Crippen LogP contribution in [0.1, 0.15) is 12.8 Å². The molecule has 3 nitrogen and oxygen atoms in total. The van der Waals surface area contributed by atoms with Gasteiger partial charge in [0.2, 0.25) is 0 Å². The van der Waals surface area contributed by atoms with Crippen molar-refractivity contribution in [2.45, 2.75) is 18.9 Å². The molecule has 1 N–H and O–H groups in total. The number of rotatable bonds is 4. The Morgan fingerprint density at radius 2 is 2.08 bits per heavy atom. The monoisotopic (exact) mass is 195 g/mol. The van der Waals surface area contributed by atoms with Gasteiger partial charge in [-0.05, 0) is 12.8 Å². The molecule has 1 aliphatic heterocycles. The molecule has 0 unspecified atom stereocenters. The number of nitrogens with one attached hydrogen (secondary N) is 1. The van der Waals surface area contributed by atoms with Gasteiger partial charge in [0, 0.05) is 32.9 Å². The zero-order chi connectivity index (χ0) is 7.94. The lowest BCUT2D eigenvalue weighted by molar-refractivity contribution is 0.0755. The van der Waals surface area contributed by atoms with E-state index in [1.165, 1.54) is 0 Å². The van der Waals surface area contributed by atoms with Crippen molar-refractivity contribution in [2.24, 2.45) is 0 Å². The van der Waals surface area contributed by atoms with Gasteiger partial charge in [-0.2, -0.15) is 0 Å². The summed E-state index contributed by atoms with van der Waals surface area (Å²) in [7, 11) is 1.73. The molecule has 0 aromatic rings. The van der Waals surface area contributed by atoms with Gasteiger partial charge in [-0.3, -0.25) is 0 Å². The van der Waals surface area contributed by atoms with Crippen molar-refractivity contribution in [1.29, 1.82) is 0 Å². The minimum atomic E-state index is 0. The Bertz CT molecular complexity index is 97.1. The molecule has 1 fully saturated rings. The van der Waals surface area contributed by atoms with E-state index in [9.17, 15) is 0 Å². The Labute approximate surface area is 80.2 Å². The second-order valence-corrected chi connectivity index (χ2v) is 2.83. The molecule has 1 heterocycles. The van der Waals surface area contributed by atoms with Crippen LogP contribution in [0.3, 0.4) is 0 Å². The standard InChI is InChI=1S/C8H17NO2.ClH/c1-10-7-4-9-8-2-5-11-6-3-8;/h8-9H,2-7H2,1H3;1H. The molecule has 12 heavy (non-hydrogen) atoms. The van der Waals surface area contributed by atoms with Crippen molar-refractivity contribution in [3.63, 3.8) is 0 Å².